The Morgan fingerprint density at radius 3 is 2.67 bits per heavy atom. The van der Waals surface area contributed by atoms with Crippen molar-refractivity contribution in [2.24, 2.45) is 11.0 Å². The van der Waals surface area contributed by atoms with Crippen LogP contribution < -0.4 is 0 Å². The van der Waals surface area contributed by atoms with Gasteiger partial charge in [-0.3, -0.25) is 4.79 Å². The molecular weight excluding hydrogens is 238 g/mol. The highest BCUT2D eigenvalue weighted by Gasteiger charge is 2.44. The minimum atomic E-state index is -0.689. The van der Waals surface area contributed by atoms with Crippen LogP contribution in [0.2, 0.25) is 0 Å². The van der Waals surface area contributed by atoms with Crippen LogP contribution in [0.25, 0.3) is 10.4 Å². The molecule has 0 radical (unpaired) electrons. The third-order valence-corrected chi connectivity index (χ3v) is 3.15. The molecule has 0 amide bonds. The molecule has 0 saturated carbocycles. The fraction of sp³-hybridized carbons (Fsp3) is 0.909. The predicted molar refractivity (Wildman–Crippen MR) is 63.6 cm³/mol. The van der Waals surface area contributed by atoms with Gasteiger partial charge < -0.3 is 14.2 Å². The highest BCUT2D eigenvalue weighted by atomic mass is 16.7. The number of hydrogen-bond acceptors (Lipinski definition) is 5. The maximum Gasteiger partial charge on any atom is 0.302 e. The largest absolute Gasteiger partial charge is 0.462 e. The lowest BCUT2D eigenvalue weighted by Crippen LogP contribution is -2.54. The summed E-state index contributed by atoms with van der Waals surface area (Å²) in [6, 6.07) is -0.665. The van der Waals surface area contributed by atoms with Crippen LogP contribution in [0.15, 0.2) is 5.11 Å². The van der Waals surface area contributed by atoms with Crippen LogP contribution in [0.3, 0.4) is 0 Å². The molecule has 0 aromatic rings. The normalized spacial score (nSPS) is 35.7. The maximum absolute atomic E-state index is 11.2. The third kappa shape index (κ3) is 3.13. The van der Waals surface area contributed by atoms with E-state index in [1.807, 2.05) is 13.8 Å². The molecule has 0 aliphatic carbocycles. The minimum absolute atomic E-state index is 0.0548. The quantitative estimate of drug-likeness (QED) is 0.333. The lowest BCUT2D eigenvalue weighted by molar-refractivity contribution is -0.239. The van der Waals surface area contributed by atoms with Gasteiger partial charge >= 0.3 is 5.97 Å². The van der Waals surface area contributed by atoms with E-state index in [0.717, 1.165) is 6.42 Å². The molecule has 1 rings (SSSR count). The Morgan fingerprint density at radius 2 is 2.22 bits per heavy atom. The van der Waals surface area contributed by atoms with Crippen LogP contribution in [-0.4, -0.2) is 37.6 Å². The molecule has 0 aromatic heterocycles. The van der Waals surface area contributed by atoms with Crippen LogP contribution in [-0.2, 0) is 19.0 Å². The Kier molecular flexibility index (Phi) is 5.40. The summed E-state index contributed by atoms with van der Waals surface area (Å²) < 4.78 is 16.1. The van der Waals surface area contributed by atoms with Crippen molar-refractivity contribution >= 4 is 5.97 Å². The molecule has 1 aliphatic rings. The number of nitrogens with zero attached hydrogens (tertiary/aromatic N) is 3. The lowest BCUT2D eigenvalue weighted by atomic mass is 9.88. The summed E-state index contributed by atoms with van der Waals surface area (Å²) >= 11 is 0. The highest BCUT2D eigenvalue weighted by Crippen LogP contribution is 2.32. The van der Waals surface area contributed by atoms with Crippen molar-refractivity contribution in [2.75, 3.05) is 7.11 Å². The first-order chi connectivity index (χ1) is 8.54. The second-order valence-electron chi connectivity index (χ2n) is 4.32. The molecule has 0 spiro atoms. The lowest BCUT2D eigenvalue weighted by Gasteiger charge is -2.42. The Labute approximate surface area is 106 Å². The Morgan fingerprint density at radius 1 is 1.56 bits per heavy atom. The fourth-order valence-corrected chi connectivity index (χ4v) is 2.27. The summed E-state index contributed by atoms with van der Waals surface area (Å²) in [7, 11) is 1.47. The summed E-state index contributed by atoms with van der Waals surface area (Å²) in [6.45, 7) is 5.22. The molecule has 7 nitrogen and oxygen atoms in total. The number of methoxy groups -OCH3 is 1. The highest BCUT2D eigenvalue weighted by molar-refractivity contribution is 5.66. The standard InChI is InChI=1S/C11H19N3O4/c1-5-8-6(2)10(17-7(3)15)9(13-14-12)11(16-4)18-8/h6,8-11H,5H2,1-4H3/t6-,8+,9+,10-,11+/m0/s1. The van der Waals surface area contributed by atoms with Crippen LogP contribution in [0.1, 0.15) is 27.2 Å². The SMILES string of the molecule is CC[C@H]1O[C@@H](OC)[C@H](N=[N+]=[N-])[C@@H](OC(C)=O)[C@H]1C. The molecule has 5 atom stereocenters. The van der Waals surface area contributed by atoms with E-state index in [4.69, 9.17) is 19.7 Å². The summed E-state index contributed by atoms with van der Waals surface area (Å²) in [5, 5.41) is 3.64. The topological polar surface area (TPSA) is 93.5 Å². The second kappa shape index (κ2) is 6.58. The van der Waals surface area contributed by atoms with Gasteiger partial charge in [-0.15, -0.1) is 0 Å². The van der Waals surface area contributed by atoms with Crippen molar-refractivity contribution in [3.05, 3.63) is 10.4 Å². The second-order valence-corrected chi connectivity index (χ2v) is 4.32. The predicted octanol–water partition coefficient (Wildman–Crippen LogP) is 2.01. The van der Waals surface area contributed by atoms with Crippen molar-refractivity contribution in [1.29, 1.82) is 0 Å². The number of azide groups is 1. The molecule has 0 unspecified atom stereocenters. The first kappa shape index (κ1) is 14.8. The Balaban J connectivity index is 3.00. The minimum Gasteiger partial charge on any atom is -0.462 e. The summed E-state index contributed by atoms with van der Waals surface area (Å²) in [4.78, 5) is 13.9. The van der Waals surface area contributed by atoms with Gasteiger partial charge in [-0.2, -0.15) is 0 Å². The third-order valence-electron chi connectivity index (χ3n) is 3.15. The average Bonchev–Trinajstić information content (AvgIpc) is 2.34. The first-order valence-electron chi connectivity index (χ1n) is 5.94. The molecule has 0 bridgehead atoms. The van der Waals surface area contributed by atoms with E-state index in [-0.39, 0.29) is 12.0 Å². The van der Waals surface area contributed by atoms with Gasteiger partial charge in [0, 0.05) is 24.9 Å². The maximum atomic E-state index is 11.2. The number of hydrogen-bond donors (Lipinski definition) is 0. The summed E-state index contributed by atoms with van der Waals surface area (Å²) in [5.74, 6) is -0.461. The average molecular weight is 257 g/mol. The van der Waals surface area contributed by atoms with E-state index in [0.29, 0.717) is 0 Å². The van der Waals surface area contributed by atoms with E-state index in [1.54, 1.807) is 0 Å². The smallest absolute Gasteiger partial charge is 0.302 e. The van der Waals surface area contributed by atoms with E-state index in [9.17, 15) is 4.79 Å². The van der Waals surface area contributed by atoms with Crippen molar-refractivity contribution < 1.29 is 19.0 Å². The summed E-state index contributed by atoms with van der Waals surface area (Å²) in [5.41, 5.74) is 8.60. The van der Waals surface area contributed by atoms with Gasteiger partial charge in [0.1, 0.15) is 12.1 Å². The van der Waals surface area contributed by atoms with Crippen molar-refractivity contribution in [1.82, 2.24) is 0 Å². The van der Waals surface area contributed by atoms with Gasteiger partial charge in [-0.1, -0.05) is 19.0 Å². The molecule has 0 N–H and O–H groups in total. The van der Waals surface area contributed by atoms with Crippen molar-refractivity contribution in [3.8, 4) is 0 Å². The van der Waals surface area contributed by atoms with Gasteiger partial charge in [0.15, 0.2) is 6.29 Å². The molecule has 1 heterocycles. The molecule has 1 aliphatic heterocycles. The molecule has 18 heavy (non-hydrogen) atoms. The van der Waals surface area contributed by atoms with Crippen molar-refractivity contribution in [3.63, 3.8) is 0 Å². The Bertz CT molecular complexity index is 343. The van der Waals surface area contributed by atoms with E-state index < -0.39 is 24.4 Å². The van der Waals surface area contributed by atoms with Gasteiger partial charge in [0.2, 0.25) is 0 Å². The van der Waals surface area contributed by atoms with Gasteiger partial charge in [0.25, 0.3) is 0 Å². The number of carbonyl (C=O) groups is 1. The van der Waals surface area contributed by atoms with Crippen molar-refractivity contribution in [2.45, 2.75) is 51.7 Å². The molecular formula is C11H19N3O4. The molecule has 0 aromatic carbocycles. The molecule has 1 fully saturated rings. The zero-order valence-corrected chi connectivity index (χ0v) is 11.1. The fourth-order valence-electron chi connectivity index (χ4n) is 2.27. The number of rotatable bonds is 4. The zero-order chi connectivity index (χ0) is 13.7. The zero-order valence-electron chi connectivity index (χ0n) is 11.1. The number of carbonyl (C=O) groups excluding carboxylic acids is 1. The molecule has 1 saturated heterocycles. The van der Waals surface area contributed by atoms with Crippen LogP contribution in [0.4, 0.5) is 0 Å². The van der Waals surface area contributed by atoms with Crippen LogP contribution in [0, 0.1) is 5.92 Å². The summed E-state index contributed by atoms with van der Waals surface area (Å²) in [6.07, 6.45) is -0.542. The van der Waals surface area contributed by atoms with Crippen LogP contribution >= 0.6 is 0 Å². The van der Waals surface area contributed by atoms with E-state index >= 15 is 0 Å². The molecule has 102 valence electrons. The van der Waals surface area contributed by atoms with Gasteiger partial charge in [0.05, 0.1) is 6.10 Å². The number of esters is 1. The number of ether oxygens (including phenoxy) is 3. The van der Waals surface area contributed by atoms with E-state index in [2.05, 4.69) is 10.0 Å². The Hall–Kier alpha value is -1.30. The van der Waals surface area contributed by atoms with Gasteiger partial charge in [-0.25, -0.2) is 0 Å². The monoisotopic (exact) mass is 257 g/mol. The first-order valence-corrected chi connectivity index (χ1v) is 5.94. The van der Waals surface area contributed by atoms with Crippen LogP contribution in [0.5, 0.6) is 0 Å². The van der Waals surface area contributed by atoms with E-state index in [1.165, 1.54) is 14.0 Å². The van der Waals surface area contributed by atoms with Gasteiger partial charge in [-0.05, 0) is 12.0 Å². The molecule has 7 heteroatoms.